The lowest BCUT2D eigenvalue weighted by atomic mass is 10.1. The molecule has 3 heteroatoms. The van der Waals surface area contributed by atoms with Gasteiger partial charge in [-0.1, -0.05) is 12.1 Å². The largest absolute Gasteiger partial charge is 0.387 e. The smallest absolute Gasteiger partial charge is 0.0925 e. The van der Waals surface area contributed by atoms with Crippen molar-refractivity contribution in [2.45, 2.75) is 6.10 Å². The highest BCUT2D eigenvalue weighted by molar-refractivity contribution is 14.1. The van der Waals surface area contributed by atoms with E-state index in [1.54, 1.807) is 0 Å². The van der Waals surface area contributed by atoms with Crippen LogP contribution in [-0.2, 0) is 0 Å². The molecule has 0 bridgehead atoms. The van der Waals surface area contributed by atoms with E-state index in [1.165, 1.54) is 0 Å². The molecule has 1 rings (SSSR count). The number of benzene rings is 1. The van der Waals surface area contributed by atoms with Crippen LogP contribution in [0.2, 0.25) is 0 Å². The van der Waals surface area contributed by atoms with Gasteiger partial charge in [-0.05, 0) is 40.3 Å². The molecule has 0 aromatic heterocycles. The molecule has 1 unspecified atom stereocenters. The van der Waals surface area contributed by atoms with E-state index in [0.717, 1.165) is 9.13 Å². The van der Waals surface area contributed by atoms with Crippen molar-refractivity contribution >= 4 is 34.2 Å². The minimum Gasteiger partial charge on any atom is -0.387 e. The van der Waals surface area contributed by atoms with E-state index in [9.17, 15) is 5.11 Å². The molecular formula is C8H8ClIO. The molecular weight excluding hydrogens is 274 g/mol. The van der Waals surface area contributed by atoms with Gasteiger partial charge in [-0.25, -0.2) is 0 Å². The summed E-state index contributed by atoms with van der Waals surface area (Å²) >= 11 is 7.69. The van der Waals surface area contributed by atoms with Crippen molar-refractivity contribution in [2.75, 3.05) is 5.88 Å². The highest BCUT2D eigenvalue weighted by atomic mass is 127. The summed E-state index contributed by atoms with van der Waals surface area (Å²) in [6, 6.07) is 7.67. The third kappa shape index (κ3) is 2.61. The van der Waals surface area contributed by atoms with Gasteiger partial charge in [-0.15, -0.1) is 11.6 Å². The van der Waals surface area contributed by atoms with Crippen molar-refractivity contribution in [3.8, 4) is 0 Å². The van der Waals surface area contributed by atoms with Gasteiger partial charge in [0.1, 0.15) is 0 Å². The molecule has 1 nitrogen and oxygen atoms in total. The lowest BCUT2D eigenvalue weighted by Crippen LogP contribution is -1.97. The van der Waals surface area contributed by atoms with Gasteiger partial charge in [0.2, 0.25) is 0 Å². The topological polar surface area (TPSA) is 20.2 Å². The summed E-state index contributed by atoms with van der Waals surface area (Å²) in [5.41, 5.74) is 0.875. The Morgan fingerprint density at radius 3 is 2.36 bits per heavy atom. The van der Waals surface area contributed by atoms with Crippen LogP contribution >= 0.6 is 34.2 Å². The van der Waals surface area contributed by atoms with Crippen molar-refractivity contribution in [3.63, 3.8) is 0 Å². The highest BCUT2D eigenvalue weighted by Crippen LogP contribution is 2.15. The maximum atomic E-state index is 9.29. The monoisotopic (exact) mass is 282 g/mol. The Balaban J connectivity index is 2.81. The summed E-state index contributed by atoms with van der Waals surface area (Å²) in [7, 11) is 0. The van der Waals surface area contributed by atoms with Gasteiger partial charge >= 0.3 is 0 Å². The number of rotatable bonds is 2. The van der Waals surface area contributed by atoms with Gasteiger partial charge in [-0.2, -0.15) is 0 Å². The molecule has 0 fully saturated rings. The third-order valence-corrected chi connectivity index (χ3v) is 2.41. The quantitative estimate of drug-likeness (QED) is 0.653. The van der Waals surface area contributed by atoms with Gasteiger partial charge in [0, 0.05) is 3.57 Å². The Morgan fingerprint density at radius 1 is 1.36 bits per heavy atom. The normalized spacial score (nSPS) is 13.0. The Kier molecular flexibility index (Phi) is 3.62. The predicted octanol–water partition coefficient (Wildman–Crippen LogP) is 2.56. The Morgan fingerprint density at radius 2 is 1.91 bits per heavy atom. The first-order chi connectivity index (χ1) is 5.24. The van der Waals surface area contributed by atoms with Crippen LogP contribution in [0.5, 0.6) is 0 Å². The van der Waals surface area contributed by atoms with Gasteiger partial charge in [0.25, 0.3) is 0 Å². The predicted molar refractivity (Wildman–Crippen MR) is 54.8 cm³/mol. The van der Waals surface area contributed by atoms with Crippen molar-refractivity contribution in [2.24, 2.45) is 0 Å². The fourth-order valence-electron chi connectivity index (χ4n) is 0.774. The zero-order valence-electron chi connectivity index (χ0n) is 5.80. The molecule has 0 spiro atoms. The lowest BCUT2D eigenvalue weighted by molar-refractivity contribution is 0.202. The van der Waals surface area contributed by atoms with Crippen LogP contribution in [0.15, 0.2) is 24.3 Å². The van der Waals surface area contributed by atoms with Crippen molar-refractivity contribution in [3.05, 3.63) is 33.4 Å². The number of hydrogen-bond donors (Lipinski definition) is 1. The average molecular weight is 283 g/mol. The fraction of sp³-hybridized carbons (Fsp3) is 0.250. The zero-order valence-corrected chi connectivity index (χ0v) is 8.71. The highest BCUT2D eigenvalue weighted by Gasteiger charge is 2.03. The van der Waals surface area contributed by atoms with E-state index in [-0.39, 0.29) is 5.88 Å². The second-order valence-electron chi connectivity index (χ2n) is 2.22. The number of alkyl halides is 1. The molecule has 0 amide bonds. The molecule has 0 aliphatic rings. The van der Waals surface area contributed by atoms with Crippen LogP contribution in [0.4, 0.5) is 0 Å². The molecule has 0 aliphatic heterocycles. The van der Waals surface area contributed by atoms with Gasteiger partial charge in [0.05, 0.1) is 12.0 Å². The first kappa shape index (κ1) is 9.29. The first-order valence-corrected chi connectivity index (χ1v) is 4.85. The molecule has 11 heavy (non-hydrogen) atoms. The summed E-state index contributed by atoms with van der Waals surface area (Å²) in [6.07, 6.45) is -0.534. The number of aliphatic hydroxyl groups excluding tert-OH is 1. The van der Waals surface area contributed by atoms with E-state index < -0.39 is 6.10 Å². The van der Waals surface area contributed by atoms with Crippen LogP contribution in [0, 0.1) is 3.57 Å². The van der Waals surface area contributed by atoms with Gasteiger partial charge in [-0.3, -0.25) is 0 Å². The van der Waals surface area contributed by atoms with E-state index in [2.05, 4.69) is 22.6 Å². The van der Waals surface area contributed by atoms with Crippen LogP contribution < -0.4 is 0 Å². The molecule has 60 valence electrons. The third-order valence-electron chi connectivity index (χ3n) is 1.40. The standard InChI is InChI=1S/C8H8ClIO/c9-5-8(11)6-1-3-7(10)4-2-6/h1-4,8,11H,5H2. The number of halogens is 2. The zero-order chi connectivity index (χ0) is 8.27. The maximum absolute atomic E-state index is 9.29. The molecule has 0 aliphatic carbocycles. The maximum Gasteiger partial charge on any atom is 0.0925 e. The van der Waals surface area contributed by atoms with E-state index in [1.807, 2.05) is 24.3 Å². The second-order valence-corrected chi connectivity index (χ2v) is 3.78. The number of hydrogen-bond acceptors (Lipinski definition) is 1. The SMILES string of the molecule is OC(CCl)c1ccc(I)cc1. The molecule has 0 saturated heterocycles. The Bertz CT molecular complexity index is 222. The first-order valence-electron chi connectivity index (χ1n) is 3.23. The molecule has 1 N–H and O–H groups in total. The van der Waals surface area contributed by atoms with Crippen molar-refractivity contribution < 1.29 is 5.11 Å². The van der Waals surface area contributed by atoms with Crippen LogP contribution in [0.25, 0.3) is 0 Å². The summed E-state index contributed by atoms with van der Waals surface area (Å²) in [5.74, 6) is 0.251. The van der Waals surface area contributed by atoms with Crippen molar-refractivity contribution in [1.82, 2.24) is 0 Å². The fourth-order valence-corrected chi connectivity index (χ4v) is 1.31. The summed E-state index contributed by atoms with van der Waals surface area (Å²) < 4.78 is 1.16. The Labute approximate surface area is 84.5 Å². The lowest BCUT2D eigenvalue weighted by Gasteiger charge is -2.05. The molecule has 0 saturated carbocycles. The minimum atomic E-state index is -0.534. The van der Waals surface area contributed by atoms with Gasteiger partial charge in [0.15, 0.2) is 0 Å². The molecule has 1 atom stereocenters. The van der Waals surface area contributed by atoms with Gasteiger partial charge < -0.3 is 5.11 Å². The average Bonchev–Trinajstić information content (AvgIpc) is 2.05. The molecule has 1 aromatic carbocycles. The summed E-state index contributed by atoms with van der Waals surface area (Å²) in [5, 5.41) is 9.29. The van der Waals surface area contributed by atoms with Crippen LogP contribution in [0.3, 0.4) is 0 Å². The van der Waals surface area contributed by atoms with Crippen molar-refractivity contribution in [1.29, 1.82) is 0 Å². The number of aliphatic hydroxyl groups is 1. The minimum absolute atomic E-state index is 0.251. The summed E-state index contributed by atoms with van der Waals surface area (Å²) in [4.78, 5) is 0. The molecule has 0 heterocycles. The molecule has 0 radical (unpaired) electrons. The Hall–Kier alpha value is 0.200. The van der Waals surface area contributed by atoms with Crippen LogP contribution in [-0.4, -0.2) is 11.0 Å². The summed E-state index contributed by atoms with van der Waals surface area (Å²) in [6.45, 7) is 0. The van der Waals surface area contributed by atoms with E-state index >= 15 is 0 Å². The molecule has 1 aromatic rings. The van der Waals surface area contributed by atoms with E-state index in [4.69, 9.17) is 11.6 Å². The van der Waals surface area contributed by atoms with E-state index in [0.29, 0.717) is 0 Å². The van der Waals surface area contributed by atoms with Crippen LogP contribution in [0.1, 0.15) is 11.7 Å². The second kappa shape index (κ2) is 4.28.